The maximum Gasteiger partial charge on any atom is 0.250 e. The molecule has 0 saturated heterocycles. The molecule has 4 rings (SSSR count). The summed E-state index contributed by atoms with van der Waals surface area (Å²) >= 11 is 1.44. The lowest BCUT2D eigenvalue weighted by Crippen LogP contribution is -2.19. The highest BCUT2D eigenvalue weighted by atomic mass is 32.2. The first-order valence-electron chi connectivity index (χ1n) is 10.0. The molecule has 7 heteroatoms. The third kappa shape index (κ3) is 4.68. The van der Waals surface area contributed by atoms with Gasteiger partial charge in [0.1, 0.15) is 11.5 Å². The van der Waals surface area contributed by atoms with Gasteiger partial charge in [-0.05, 0) is 48.0 Å². The Bertz CT molecular complexity index is 1320. The summed E-state index contributed by atoms with van der Waals surface area (Å²) in [5.74, 6) is 1.47. The van der Waals surface area contributed by atoms with Crippen LogP contribution in [0.15, 0.2) is 70.7 Å². The van der Waals surface area contributed by atoms with Crippen LogP contribution >= 0.6 is 11.8 Å². The summed E-state index contributed by atoms with van der Waals surface area (Å²) in [6, 6.07) is 19.6. The smallest absolute Gasteiger partial charge is 0.250 e. The Morgan fingerprint density at radius 1 is 1.06 bits per heavy atom. The van der Waals surface area contributed by atoms with Crippen molar-refractivity contribution in [1.29, 1.82) is 0 Å². The predicted molar refractivity (Wildman–Crippen MR) is 130 cm³/mol. The first-order chi connectivity index (χ1) is 15.6. The van der Waals surface area contributed by atoms with Crippen molar-refractivity contribution in [2.24, 2.45) is 5.10 Å². The molecule has 1 N–H and O–H groups in total. The number of rotatable bonds is 7. The van der Waals surface area contributed by atoms with Crippen LogP contribution in [0.2, 0.25) is 0 Å². The number of methoxy groups -OCH3 is 2. The van der Waals surface area contributed by atoms with Crippen LogP contribution in [0.3, 0.4) is 0 Å². The molecule has 162 valence electrons. The summed E-state index contributed by atoms with van der Waals surface area (Å²) in [7, 11) is 3.25. The largest absolute Gasteiger partial charge is 0.497 e. The minimum absolute atomic E-state index is 0.198. The zero-order valence-corrected chi connectivity index (χ0v) is 18.9. The molecule has 3 aromatic carbocycles. The number of benzene rings is 3. The van der Waals surface area contributed by atoms with Gasteiger partial charge in [-0.15, -0.1) is 11.8 Å². The molecule has 0 aliphatic heterocycles. The highest BCUT2D eigenvalue weighted by Gasteiger charge is 2.10. The van der Waals surface area contributed by atoms with Gasteiger partial charge in [0.2, 0.25) is 5.91 Å². The van der Waals surface area contributed by atoms with Gasteiger partial charge < -0.3 is 9.47 Å². The topological polar surface area (TPSA) is 72.8 Å². The summed E-state index contributed by atoms with van der Waals surface area (Å²) < 4.78 is 10.8. The van der Waals surface area contributed by atoms with Crippen LogP contribution in [0.25, 0.3) is 21.7 Å². The summed E-state index contributed by atoms with van der Waals surface area (Å²) in [4.78, 5) is 18.0. The Kier molecular flexibility index (Phi) is 6.56. The van der Waals surface area contributed by atoms with Gasteiger partial charge in [-0.3, -0.25) is 9.78 Å². The van der Waals surface area contributed by atoms with E-state index in [0.717, 1.165) is 43.6 Å². The Morgan fingerprint density at radius 3 is 2.72 bits per heavy atom. The van der Waals surface area contributed by atoms with E-state index in [9.17, 15) is 4.79 Å². The second-order valence-electron chi connectivity index (χ2n) is 7.13. The zero-order valence-electron chi connectivity index (χ0n) is 18.1. The summed E-state index contributed by atoms with van der Waals surface area (Å²) in [6.07, 6.45) is 1.63. The number of fused-ring (bicyclic) bond motifs is 2. The number of nitrogens with one attached hydrogen (secondary N) is 1. The van der Waals surface area contributed by atoms with Crippen LogP contribution in [0.5, 0.6) is 11.5 Å². The van der Waals surface area contributed by atoms with Crippen molar-refractivity contribution in [2.75, 3.05) is 20.0 Å². The Balaban J connectivity index is 1.48. The molecule has 0 radical (unpaired) electrons. The van der Waals surface area contributed by atoms with Crippen molar-refractivity contribution in [3.05, 3.63) is 71.9 Å². The first-order valence-corrected chi connectivity index (χ1v) is 11.0. The number of carbonyl (C=O) groups is 1. The SMILES string of the molecule is COc1ccc2nc(C)cc(SCC(=O)N/N=C/c3c(OC)ccc4ccccc34)c2c1. The second-order valence-corrected chi connectivity index (χ2v) is 8.15. The van der Waals surface area contributed by atoms with E-state index in [1.165, 1.54) is 11.8 Å². The molecule has 0 spiro atoms. The van der Waals surface area contributed by atoms with Crippen molar-refractivity contribution in [3.63, 3.8) is 0 Å². The van der Waals surface area contributed by atoms with Gasteiger partial charge >= 0.3 is 0 Å². The third-order valence-electron chi connectivity index (χ3n) is 5.00. The molecule has 0 aliphatic rings. The molecule has 1 amide bonds. The number of aromatic nitrogens is 1. The number of hydrazone groups is 1. The van der Waals surface area contributed by atoms with Crippen molar-refractivity contribution in [1.82, 2.24) is 10.4 Å². The van der Waals surface area contributed by atoms with Crippen LogP contribution in [0.4, 0.5) is 0 Å². The lowest BCUT2D eigenvalue weighted by atomic mass is 10.0. The van der Waals surface area contributed by atoms with E-state index in [1.807, 2.05) is 67.6 Å². The lowest BCUT2D eigenvalue weighted by molar-refractivity contribution is -0.118. The minimum atomic E-state index is -0.198. The van der Waals surface area contributed by atoms with Gasteiger partial charge in [0, 0.05) is 21.5 Å². The monoisotopic (exact) mass is 445 g/mol. The van der Waals surface area contributed by atoms with Crippen molar-refractivity contribution in [2.45, 2.75) is 11.8 Å². The molecule has 0 unspecified atom stereocenters. The summed E-state index contributed by atoms with van der Waals surface area (Å²) in [5, 5.41) is 7.21. The number of hydrogen-bond acceptors (Lipinski definition) is 6. The van der Waals surface area contributed by atoms with Gasteiger partial charge in [0.05, 0.1) is 31.7 Å². The third-order valence-corrected chi connectivity index (χ3v) is 6.05. The fourth-order valence-electron chi connectivity index (χ4n) is 3.48. The highest BCUT2D eigenvalue weighted by molar-refractivity contribution is 8.00. The van der Waals surface area contributed by atoms with Crippen LogP contribution in [0.1, 0.15) is 11.3 Å². The van der Waals surface area contributed by atoms with Crippen LogP contribution in [-0.4, -0.2) is 37.1 Å². The number of aryl methyl sites for hydroxylation is 1. The van der Waals surface area contributed by atoms with E-state index in [4.69, 9.17) is 9.47 Å². The summed E-state index contributed by atoms with van der Waals surface area (Å²) in [5.41, 5.74) is 5.20. The number of nitrogens with zero attached hydrogens (tertiary/aromatic N) is 2. The maximum absolute atomic E-state index is 12.5. The number of pyridine rings is 1. The van der Waals surface area contributed by atoms with Gasteiger partial charge in [0.25, 0.3) is 0 Å². The van der Waals surface area contributed by atoms with Crippen molar-refractivity contribution < 1.29 is 14.3 Å². The van der Waals surface area contributed by atoms with Crippen LogP contribution in [-0.2, 0) is 4.79 Å². The first kappa shape index (κ1) is 21.6. The second kappa shape index (κ2) is 9.70. The van der Waals surface area contributed by atoms with E-state index in [0.29, 0.717) is 5.75 Å². The van der Waals surface area contributed by atoms with E-state index in [1.54, 1.807) is 20.4 Å². The summed E-state index contributed by atoms with van der Waals surface area (Å²) in [6.45, 7) is 1.94. The molecule has 1 heterocycles. The van der Waals surface area contributed by atoms with Gasteiger partial charge in [-0.25, -0.2) is 5.43 Å². The molecule has 0 bridgehead atoms. The average Bonchev–Trinajstić information content (AvgIpc) is 2.82. The van der Waals surface area contributed by atoms with Crippen molar-refractivity contribution >= 4 is 45.6 Å². The molecule has 1 aromatic heterocycles. The van der Waals surface area contributed by atoms with Gasteiger partial charge in [-0.1, -0.05) is 30.3 Å². The van der Waals surface area contributed by atoms with E-state index < -0.39 is 0 Å². The highest BCUT2D eigenvalue weighted by Crippen LogP contribution is 2.30. The molecular formula is C25H23N3O3S. The molecule has 32 heavy (non-hydrogen) atoms. The molecule has 0 aliphatic carbocycles. The number of amides is 1. The van der Waals surface area contributed by atoms with Gasteiger partial charge in [-0.2, -0.15) is 5.10 Å². The average molecular weight is 446 g/mol. The normalized spacial score (nSPS) is 11.2. The Labute approximate surface area is 190 Å². The predicted octanol–water partition coefficient (Wildman–Crippen LogP) is 4.96. The molecule has 0 atom stereocenters. The zero-order chi connectivity index (χ0) is 22.5. The number of carbonyl (C=O) groups excluding carboxylic acids is 1. The van der Waals surface area contributed by atoms with Crippen molar-refractivity contribution in [3.8, 4) is 11.5 Å². The standard InChI is InChI=1S/C25H23N3O3S/c1-16-12-24(20-13-18(30-2)9-10-22(20)27-16)32-15-25(29)28-26-14-21-19-7-5-4-6-17(19)8-11-23(21)31-3/h4-14H,15H2,1-3H3,(H,28,29)/b26-14+. The van der Waals surface area contributed by atoms with Crippen LogP contribution in [0, 0.1) is 6.92 Å². The Hall–Kier alpha value is -3.58. The molecule has 4 aromatic rings. The fourth-order valence-corrected chi connectivity index (χ4v) is 4.40. The number of hydrogen-bond donors (Lipinski definition) is 1. The number of ether oxygens (including phenoxy) is 2. The molecule has 0 fully saturated rings. The van der Waals surface area contributed by atoms with Gasteiger partial charge in [0.15, 0.2) is 0 Å². The molecule has 6 nitrogen and oxygen atoms in total. The maximum atomic E-state index is 12.5. The Morgan fingerprint density at radius 2 is 1.91 bits per heavy atom. The van der Waals surface area contributed by atoms with E-state index in [2.05, 4.69) is 15.5 Å². The molecular weight excluding hydrogens is 422 g/mol. The van der Waals surface area contributed by atoms with Crippen LogP contribution < -0.4 is 14.9 Å². The quantitative estimate of drug-likeness (QED) is 0.247. The molecule has 0 saturated carbocycles. The fraction of sp³-hybridized carbons (Fsp3) is 0.160. The minimum Gasteiger partial charge on any atom is -0.497 e. The van der Waals surface area contributed by atoms with E-state index >= 15 is 0 Å². The number of thioether (sulfide) groups is 1. The van der Waals surface area contributed by atoms with E-state index in [-0.39, 0.29) is 11.7 Å². The lowest BCUT2D eigenvalue weighted by Gasteiger charge is -2.09.